The zero-order chi connectivity index (χ0) is 17.8. The molecule has 2 aromatic carbocycles. The molecule has 0 spiro atoms. The highest BCUT2D eigenvalue weighted by molar-refractivity contribution is 8.00. The Morgan fingerprint density at radius 1 is 1.24 bits per heavy atom. The van der Waals surface area contributed by atoms with Crippen LogP contribution in [0.2, 0.25) is 0 Å². The van der Waals surface area contributed by atoms with Crippen molar-refractivity contribution in [2.24, 2.45) is 7.05 Å². The van der Waals surface area contributed by atoms with E-state index in [0.717, 1.165) is 27.5 Å². The largest absolute Gasteiger partial charge is 0.496 e. The van der Waals surface area contributed by atoms with Gasteiger partial charge < -0.3 is 14.6 Å². The summed E-state index contributed by atoms with van der Waals surface area (Å²) in [6.45, 7) is 2.33. The van der Waals surface area contributed by atoms with Crippen molar-refractivity contribution < 1.29 is 9.53 Å². The number of fused-ring (bicyclic) bond motifs is 1. The molecule has 1 aromatic heterocycles. The van der Waals surface area contributed by atoms with Crippen molar-refractivity contribution in [3.05, 3.63) is 54.1 Å². The van der Waals surface area contributed by atoms with E-state index < -0.39 is 0 Å². The number of aryl methyl sites for hydroxylation is 1. The van der Waals surface area contributed by atoms with Crippen LogP contribution in [0.1, 0.15) is 12.5 Å². The predicted octanol–water partition coefficient (Wildman–Crippen LogP) is 3.38. The number of benzene rings is 2. The molecule has 1 unspecified atom stereocenters. The molecule has 0 saturated carbocycles. The minimum absolute atomic E-state index is 0.0250. The second-order valence-electron chi connectivity index (χ2n) is 5.73. The number of nitrogens with one attached hydrogen (secondary N) is 1. The topological polar surface area (TPSA) is 56.1 Å². The van der Waals surface area contributed by atoms with Crippen LogP contribution in [0.4, 0.5) is 0 Å². The molecular weight excluding hydrogens is 334 g/mol. The Balaban J connectivity index is 1.65. The molecule has 1 amide bonds. The zero-order valence-corrected chi connectivity index (χ0v) is 15.3. The van der Waals surface area contributed by atoms with Gasteiger partial charge in [-0.05, 0) is 25.1 Å². The molecule has 0 saturated heterocycles. The Morgan fingerprint density at radius 2 is 1.96 bits per heavy atom. The molecule has 5 nitrogen and oxygen atoms in total. The summed E-state index contributed by atoms with van der Waals surface area (Å²) >= 11 is 1.46. The molecule has 0 aliphatic carbocycles. The van der Waals surface area contributed by atoms with Gasteiger partial charge in [0.05, 0.1) is 23.4 Å². The van der Waals surface area contributed by atoms with Crippen LogP contribution in [0.5, 0.6) is 5.75 Å². The number of hydrogen-bond acceptors (Lipinski definition) is 4. The summed E-state index contributed by atoms with van der Waals surface area (Å²) in [5, 5.41) is 3.56. The molecule has 3 aromatic rings. The number of ether oxygens (including phenoxy) is 1. The quantitative estimate of drug-likeness (QED) is 0.689. The minimum atomic E-state index is -0.245. The van der Waals surface area contributed by atoms with E-state index in [2.05, 4.69) is 10.3 Å². The molecule has 0 bridgehead atoms. The van der Waals surface area contributed by atoms with E-state index in [1.54, 1.807) is 7.11 Å². The minimum Gasteiger partial charge on any atom is -0.496 e. The van der Waals surface area contributed by atoms with E-state index in [1.165, 1.54) is 11.8 Å². The summed E-state index contributed by atoms with van der Waals surface area (Å²) in [6, 6.07) is 15.6. The first-order chi connectivity index (χ1) is 12.1. The highest BCUT2D eigenvalue weighted by atomic mass is 32.2. The molecule has 3 rings (SSSR count). The van der Waals surface area contributed by atoms with E-state index in [1.807, 2.05) is 67.1 Å². The predicted molar refractivity (Wildman–Crippen MR) is 101 cm³/mol. The molecule has 130 valence electrons. The molecule has 0 fully saturated rings. The first kappa shape index (κ1) is 17.4. The third-order valence-corrected chi connectivity index (χ3v) is 5.19. The number of nitrogens with zero attached hydrogens (tertiary/aromatic N) is 2. The van der Waals surface area contributed by atoms with Crippen LogP contribution in [-0.4, -0.2) is 27.8 Å². The van der Waals surface area contributed by atoms with Crippen molar-refractivity contribution in [3.63, 3.8) is 0 Å². The van der Waals surface area contributed by atoms with E-state index >= 15 is 0 Å². The maximum Gasteiger partial charge on any atom is 0.233 e. The molecule has 0 aliphatic heterocycles. The van der Waals surface area contributed by atoms with E-state index in [-0.39, 0.29) is 11.2 Å². The third kappa shape index (κ3) is 3.79. The highest BCUT2D eigenvalue weighted by Gasteiger charge is 2.18. The summed E-state index contributed by atoms with van der Waals surface area (Å²) < 4.78 is 7.33. The van der Waals surface area contributed by atoms with Crippen molar-refractivity contribution in [2.75, 3.05) is 7.11 Å². The van der Waals surface area contributed by atoms with Crippen molar-refractivity contribution in [3.8, 4) is 5.75 Å². The monoisotopic (exact) mass is 355 g/mol. The van der Waals surface area contributed by atoms with Crippen LogP contribution in [0, 0.1) is 0 Å². The van der Waals surface area contributed by atoms with Crippen LogP contribution < -0.4 is 10.1 Å². The van der Waals surface area contributed by atoms with E-state index in [4.69, 9.17) is 4.74 Å². The summed E-state index contributed by atoms with van der Waals surface area (Å²) in [6.07, 6.45) is 0. The molecule has 0 radical (unpaired) electrons. The number of carbonyl (C=O) groups is 1. The number of methoxy groups -OCH3 is 1. The molecule has 0 aliphatic rings. The van der Waals surface area contributed by atoms with Crippen molar-refractivity contribution in [2.45, 2.75) is 23.9 Å². The van der Waals surface area contributed by atoms with Crippen molar-refractivity contribution in [1.82, 2.24) is 14.9 Å². The lowest BCUT2D eigenvalue weighted by molar-refractivity contribution is -0.120. The average Bonchev–Trinajstić information content (AvgIpc) is 2.95. The number of rotatable bonds is 6. The summed E-state index contributed by atoms with van der Waals surface area (Å²) in [5.74, 6) is 0.751. The molecule has 25 heavy (non-hydrogen) atoms. The fraction of sp³-hybridized carbons (Fsp3) is 0.263. The van der Waals surface area contributed by atoms with Gasteiger partial charge in [0.15, 0.2) is 5.16 Å². The van der Waals surface area contributed by atoms with Crippen LogP contribution in [0.3, 0.4) is 0 Å². The van der Waals surface area contributed by atoms with Gasteiger partial charge in [-0.15, -0.1) is 0 Å². The van der Waals surface area contributed by atoms with Crippen molar-refractivity contribution >= 4 is 28.7 Å². The lowest BCUT2D eigenvalue weighted by atomic mass is 10.2. The molecule has 1 N–H and O–H groups in total. The zero-order valence-electron chi connectivity index (χ0n) is 14.5. The van der Waals surface area contributed by atoms with Crippen molar-refractivity contribution in [1.29, 1.82) is 0 Å². The van der Waals surface area contributed by atoms with Gasteiger partial charge in [0.2, 0.25) is 5.91 Å². The van der Waals surface area contributed by atoms with Gasteiger partial charge >= 0.3 is 0 Å². The van der Waals surface area contributed by atoms with Gasteiger partial charge in [-0.2, -0.15) is 0 Å². The summed E-state index contributed by atoms with van der Waals surface area (Å²) in [7, 11) is 3.60. The second-order valence-corrected chi connectivity index (χ2v) is 7.04. The van der Waals surface area contributed by atoms with Gasteiger partial charge in [0.1, 0.15) is 5.75 Å². The smallest absolute Gasteiger partial charge is 0.233 e. The second kappa shape index (κ2) is 7.61. The first-order valence-corrected chi connectivity index (χ1v) is 8.96. The van der Waals surface area contributed by atoms with Crippen LogP contribution in [0.15, 0.2) is 53.7 Å². The van der Waals surface area contributed by atoms with E-state index in [0.29, 0.717) is 6.54 Å². The number of para-hydroxylation sites is 3. The number of amides is 1. The lowest BCUT2D eigenvalue weighted by Gasteiger charge is -2.13. The Kier molecular flexibility index (Phi) is 5.28. The van der Waals surface area contributed by atoms with Crippen LogP contribution >= 0.6 is 11.8 Å². The maximum atomic E-state index is 12.4. The molecule has 6 heteroatoms. The number of imidazole rings is 1. The standard InChI is InChI=1S/C19H21N3O2S/c1-13(18(23)20-12-14-8-4-7-11-17(14)24-3)25-19-21-15-9-5-6-10-16(15)22(19)2/h4-11,13H,12H2,1-3H3,(H,20,23). The van der Waals surface area contributed by atoms with Gasteiger partial charge in [-0.3, -0.25) is 4.79 Å². The van der Waals surface area contributed by atoms with Gasteiger partial charge in [-0.25, -0.2) is 4.98 Å². The van der Waals surface area contributed by atoms with Gasteiger partial charge in [-0.1, -0.05) is 42.1 Å². The number of aromatic nitrogens is 2. The summed E-state index contributed by atoms with van der Waals surface area (Å²) in [5.41, 5.74) is 2.96. The van der Waals surface area contributed by atoms with Crippen LogP contribution in [-0.2, 0) is 18.4 Å². The SMILES string of the molecule is COc1ccccc1CNC(=O)C(C)Sc1nc2ccccc2n1C. The maximum absolute atomic E-state index is 12.4. The Labute approximate surface area is 151 Å². The molecular formula is C19H21N3O2S. The highest BCUT2D eigenvalue weighted by Crippen LogP contribution is 2.26. The normalized spacial score (nSPS) is 12.1. The molecule has 1 heterocycles. The first-order valence-electron chi connectivity index (χ1n) is 8.08. The number of carbonyl (C=O) groups excluding carboxylic acids is 1. The number of hydrogen-bond donors (Lipinski definition) is 1. The lowest BCUT2D eigenvalue weighted by Crippen LogP contribution is -2.30. The van der Waals surface area contributed by atoms with E-state index in [9.17, 15) is 4.79 Å². The average molecular weight is 355 g/mol. The third-order valence-electron chi connectivity index (χ3n) is 4.04. The van der Waals surface area contributed by atoms with Gasteiger partial charge in [0.25, 0.3) is 0 Å². The molecule has 1 atom stereocenters. The fourth-order valence-corrected chi connectivity index (χ4v) is 3.53. The summed E-state index contributed by atoms with van der Waals surface area (Å²) in [4.78, 5) is 17.0. The van der Waals surface area contributed by atoms with Crippen LogP contribution in [0.25, 0.3) is 11.0 Å². The fourth-order valence-electron chi connectivity index (χ4n) is 2.62. The van der Waals surface area contributed by atoms with Gasteiger partial charge in [0, 0.05) is 19.2 Å². The number of thioether (sulfide) groups is 1. The Bertz CT molecular complexity index is 891. The Hall–Kier alpha value is -2.47. The Morgan fingerprint density at radius 3 is 2.72 bits per heavy atom.